The number of nitrogens with two attached hydrogens (primary N) is 1. The van der Waals surface area contributed by atoms with E-state index in [0.717, 1.165) is 0 Å². The molecular weight excluding hydrogens is 214 g/mol. The van der Waals surface area contributed by atoms with E-state index < -0.39 is 0 Å². The van der Waals surface area contributed by atoms with Gasteiger partial charge in [-0.05, 0) is 12.8 Å². The zero-order chi connectivity index (χ0) is 12.5. The molecule has 0 aromatic heterocycles. The molecule has 0 aromatic rings. The predicted octanol–water partition coefficient (Wildman–Crippen LogP) is 0.844. The Morgan fingerprint density at radius 3 is 1.47 bits per heavy atom. The number of hydrogen-bond acceptors (Lipinski definition) is 5. The molecule has 0 unspecified atom stereocenters. The van der Waals surface area contributed by atoms with Crippen molar-refractivity contribution in [2.75, 3.05) is 26.2 Å². The molecule has 2 rings (SSSR count). The van der Waals surface area contributed by atoms with Gasteiger partial charge in [0.25, 0.3) is 0 Å². The summed E-state index contributed by atoms with van der Waals surface area (Å²) in [6.45, 7) is 2.74. The second-order valence-corrected chi connectivity index (χ2v) is 4.57. The van der Waals surface area contributed by atoms with Crippen molar-refractivity contribution in [3.05, 3.63) is 0 Å². The van der Waals surface area contributed by atoms with Crippen LogP contribution in [0.2, 0.25) is 0 Å². The Labute approximate surface area is 103 Å². The maximum Gasteiger partial charge on any atom is 0.179 e. The van der Waals surface area contributed by atoms with Crippen molar-refractivity contribution >= 4 is 0 Å². The monoisotopic (exact) mass is 235 g/mol. The van der Waals surface area contributed by atoms with Crippen LogP contribution in [-0.4, -0.2) is 42.0 Å². The van der Waals surface area contributed by atoms with E-state index >= 15 is 0 Å². The van der Waals surface area contributed by atoms with E-state index in [-0.39, 0.29) is 0 Å². The Morgan fingerprint density at radius 1 is 0.824 bits per heavy atom. The van der Waals surface area contributed by atoms with Gasteiger partial charge in [0, 0.05) is 32.2 Å². The molecule has 94 valence electrons. The van der Waals surface area contributed by atoms with Crippen molar-refractivity contribution in [2.45, 2.75) is 38.1 Å². The Balaban J connectivity index is 0.000000181. The first-order valence-electron chi connectivity index (χ1n) is 6.31. The second-order valence-electron chi connectivity index (χ2n) is 4.57. The average molecular weight is 235 g/mol. The Bertz CT molecular complexity index is 254. The molecule has 1 saturated carbocycles. The zero-order valence-electron chi connectivity index (χ0n) is 10.3. The van der Waals surface area contributed by atoms with Crippen molar-refractivity contribution in [1.82, 2.24) is 9.80 Å². The van der Waals surface area contributed by atoms with Crippen LogP contribution in [0.15, 0.2) is 0 Å². The van der Waals surface area contributed by atoms with E-state index in [1.807, 2.05) is 12.4 Å². The minimum Gasteiger partial charge on any atom is -0.328 e. The first-order valence-corrected chi connectivity index (χ1v) is 6.31. The topological polar surface area (TPSA) is 80.1 Å². The van der Waals surface area contributed by atoms with Crippen molar-refractivity contribution in [3.63, 3.8) is 0 Å². The summed E-state index contributed by atoms with van der Waals surface area (Å²) >= 11 is 0. The molecule has 2 N–H and O–H groups in total. The van der Waals surface area contributed by atoms with Crippen LogP contribution >= 0.6 is 0 Å². The lowest BCUT2D eigenvalue weighted by Gasteiger charge is -2.27. The van der Waals surface area contributed by atoms with Crippen molar-refractivity contribution in [1.29, 1.82) is 10.5 Å². The summed E-state index contributed by atoms with van der Waals surface area (Å²) in [6, 6.07) is 0.536. The quantitative estimate of drug-likeness (QED) is 0.629. The number of nitriles is 2. The molecule has 0 aromatic carbocycles. The van der Waals surface area contributed by atoms with Crippen LogP contribution in [-0.2, 0) is 0 Å². The van der Waals surface area contributed by atoms with Gasteiger partial charge in [-0.15, -0.1) is 0 Å². The molecule has 0 spiro atoms. The highest BCUT2D eigenvalue weighted by atomic mass is 15.2. The van der Waals surface area contributed by atoms with E-state index in [9.17, 15) is 0 Å². The van der Waals surface area contributed by atoms with Crippen LogP contribution in [0.5, 0.6) is 0 Å². The SMILES string of the molecule is N#CN1CCN(C#N)CC1.NC1CCCCC1. The lowest BCUT2D eigenvalue weighted by atomic mass is 9.97. The van der Waals surface area contributed by atoms with Crippen LogP contribution in [0.1, 0.15) is 32.1 Å². The Hall–Kier alpha value is -1.46. The summed E-state index contributed by atoms with van der Waals surface area (Å²) in [5, 5.41) is 16.8. The maximum absolute atomic E-state index is 8.42. The predicted molar refractivity (Wildman–Crippen MR) is 65.4 cm³/mol. The van der Waals surface area contributed by atoms with Gasteiger partial charge in [-0.1, -0.05) is 19.3 Å². The van der Waals surface area contributed by atoms with Gasteiger partial charge in [0.15, 0.2) is 12.4 Å². The van der Waals surface area contributed by atoms with E-state index in [1.165, 1.54) is 32.1 Å². The van der Waals surface area contributed by atoms with Gasteiger partial charge in [0.1, 0.15) is 0 Å². The van der Waals surface area contributed by atoms with Crippen LogP contribution in [0.4, 0.5) is 0 Å². The average Bonchev–Trinajstić information content (AvgIpc) is 2.40. The van der Waals surface area contributed by atoms with Gasteiger partial charge in [-0.25, -0.2) is 0 Å². The fourth-order valence-corrected chi connectivity index (χ4v) is 2.04. The number of nitrogens with zero attached hydrogens (tertiary/aromatic N) is 4. The fourth-order valence-electron chi connectivity index (χ4n) is 2.04. The van der Waals surface area contributed by atoms with E-state index in [2.05, 4.69) is 0 Å². The Morgan fingerprint density at radius 2 is 1.24 bits per heavy atom. The standard InChI is InChI=1S/C6H8N4.C6H13N/c7-5-9-1-2-10(6-8)4-3-9;7-6-4-2-1-3-5-6/h1-4H2;6H,1-5,7H2. The molecular formula is C12H21N5. The minimum absolute atomic E-state index is 0.536. The molecule has 1 heterocycles. The summed E-state index contributed by atoms with van der Waals surface area (Å²) in [5.41, 5.74) is 5.63. The molecule has 0 atom stereocenters. The van der Waals surface area contributed by atoms with Gasteiger partial charge in [0.05, 0.1) is 0 Å². The first kappa shape index (κ1) is 13.6. The van der Waals surface area contributed by atoms with Crippen LogP contribution in [0, 0.1) is 22.9 Å². The molecule has 17 heavy (non-hydrogen) atoms. The molecule has 1 aliphatic heterocycles. The summed E-state index contributed by atoms with van der Waals surface area (Å²) in [4.78, 5) is 3.32. The molecule has 0 amide bonds. The van der Waals surface area contributed by atoms with Crippen molar-refractivity contribution in [2.24, 2.45) is 5.73 Å². The smallest absolute Gasteiger partial charge is 0.179 e. The van der Waals surface area contributed by atoms with Gasteiger partial charge in [-0.3, -0.25) is 0 Å². The molecule has 1 saturated heterocycles. The van der Waals surface area contributed by atoms with E-state index in [0.29, 0.717) is 32.2 Å². The third kappa shape index (κ3) is 5.42. The largest absolute Gasteiger partial charge is 0.328 e. The van der Waals surface area contributed by atoms with Gasteiger partial charge < -0.3 is 15.5 Å². The lowest BCUT2D eigenvalue weighted by Crippen LogP contribution is -2.41. The summed E-state index contributed by atoms with van der Waals surface area (Å²) in [7, 11) is 0. The molecule has 1 aliphatic carbocycles. The number of rotatable bonds is 0. The van der Waals surface area contributed by atoms with Gasteiger partial charge in [-0.2, -0.15) is 10.5 Å². The second kappa shape index (κ2) is 7.76. The lowest BCUT2D eigenvalue weighted by molar-refractivity contribution is 0.234. The number of hydrogen-bond donors (Lipinski definition) is 1. The zero-order valence-corrected chi connectivity index (χ0v) is 10.3. The molecule has 5 nitrogen and oxygen atoms in total. The highest BCUT2D eigenvalue weighted by molar-refractivity contribution is 4.85. The Kier molecular flexibility index (Phi) is 6.21. The molecule has 0 bridgehead atoms. The molecule has 2 aliphatic rings. The fraction of sp³-hybridized carbons (Fsp3) is 0.833. The van der Waals surface area contributed by atoms with E-state index in [4.69, 9.17) is 16.3 Å². The van der Waals surface area contributed by atoms with Crippen molar-refractivity contribution in [3.8, 4) is 12.4 Å². The highest BCUT2D eigenvalue weighted by Gasteiger charge is 2.12. The molecule has 5 heteroatoms. The number of piperazine rings is 1. The van der Waals surface area contributed by atoms with Crippen LogP contribution in [0.25, 0.3) is 0 Å². The van der Waals surface area contributed by atoms with Gasteiger partial charge >= 0.3 is 0 Å². The summed E-state index contributed by atoms with van der Waals surface area (Å²) in [6.07, 6.45) is 10.8. The van der Waals surface area contributed by atoms with Crippen molar-refractivity contribution < 1.29 is 0 Å². The maximum atomic E-state index is 8.42. The van der Waals surface area contributed by atoms with Crippen LogP contribution < -0.4 is 5.73 Å². The summed E-state index contributed by atoms with van der Waals surface area (Å²) in [5.74, 6) is 0. The van der Waals surface area contributed by atoms with E-state index in [1.54, 1.807) is 9.80 Å². The van der Waals surface area contributed by atoms with Crippen LogP contribution in [0.3, 0.4) is 0 Å². The molecule has 0 radical (unpaired) electrons. The highest BCUT2D eigenvalue weighted by Crippen LogP contribution is 2.14. The normalized spacial score (nSPS) is 20.9. The first-order chi connectivity index (χ1) is 8.26. The molecule has 2 fully saturated rings. The third-order valence-electron chi connectivity index (χ3n) is 3.21. The summed E-state index contributed by atoms with van der Waals surface area (Å²) < 4.78 is 0. The van der Waals surface area contributed by atoms with Gasteiger partial charge in [0.2, 0.25) is 0 Å². The third-order valence-corrected chi connectivity index (χ3v) is 3.21. The minimum atomic E-state index is 0.536.